The molecule has 2 aromatic heterocycles. The van der Waals surface area contributed by atoms with Gasteiger partial charge in [-0.05, 0) is 24.5 Å². The molecule has 0 spiro atoms. The Morgan fingerprint density at radius 2 is 2.29 bits per heavy atom. The van der Waals surface area contributed by atoms with Crippen molar-refractivity contribution >= 4 is 16.5 Å². The molecule has 17 heavy (non-hydrogen) atoms. The number of anilines is 1. The van der Waals surface area contributed by atoms with Crippen molar-refractivity contribution in [2.24, 2.45) is 0 Å². The van der Waals surface area contributed by atoms with E-state index in [0.717, 1.165) is 11.7 Å². The van der Waals surface area contributed by atoms with Crippen LogP contribution in [0.4, 0.5) is 5.13 Å². The van der Waals surface area contributed by atoms with E-state index in [0.29, 0.717) is 5.92 Å². The third kappa shape index (κ3) is 2.44. The van der Waals surface area contributed by atoms with Crippen molar-refractivity contribution in [2.45, 2.75) is 25.3 Å². The summed E-state index contributed by atoms with van der Waals surface area (Å²) < 4.78 is 0. The molecular formula is C12H14N4S. The minimum Gasteiger partial charge on any atom is -0.345 e. The smallest absolute Gasteiger partial charge is 0.208 e. The van der Waals surface area contributed by atoms with Crippen LogP contribution in [0.2, 0.25) is 0 Å². The fourth-order valence-corrected chi connectivity index (χ4v) is 2.68. The molecule has 0 N–H and O–H groups in total. The monoisotopic (exact) mass is 246 g/mol. The average Bonchev–Trinajstić information content (AvgIpc) is 3.08. The van der Waals surface area contributed by atoms with Crippen molar-refractivity contribution < 1.29 is 0 Å². The van der Waals surface area contributed by atoms with E-state index in [1.807, 2.05) is 19.3 Å². The molecule has 1 aliphatic carbocycles. The number of nitrogens with zero attached hydrogens (tertiary/aromatic N) is 4. The largest absolute Gasteiger partial charge is 0.345 e. The minimum atomic E-state index is 0.688. The standard InChI is InChI=1S/C12H14N4S/c1-16(8-9-3-2-6-13-7-9)12-15-14-11(17-12)10-4-5-10/h2-3,6-7,10H,4-5,8H2,1H3. The lowest BCUT2D eigenvalue weighted by Crippen LogP contribution is -2.16. The molecule has 0 aliphatic heterocycles. The summed E-state index contributed by atoms with van der Waals surface area (Å²) in [6.07, 6.45) is 6.24. The molecule has 1 fully saturated rings. The molecular weight excluding hydrogens is 232 g/mol. The van der Waals surface area contributed by atoms with Crippen molar-refractivity contribution in [3.8, 4) is 0 Å². The molecule has 0 radical (unpaired) electrons. The highest BCUT2D eigenvalue weighted by Crippen LogP contribution is 2.42. The molecule has 1 saturated carbocycles. The summed E-state index contributed by atoms with van der Waals surface area (Å²) in [7, 11) is 2.05. The molecule has 0 aromatic carbocycles. The van der Waals surface area contributed by atoms with Gasteiger partial charge in [-0.15, -0.1) is 10.2 Å². The van der Waals surface area contributed by atoms with Crippen LogP contribution in [-0.4, -0.2) is 22.2 Å². The maximum absolute atomic E-state index is 4.25. The first-order valence-corrected chi connectivity index (χ1v) is 6.58. The van der Waals surface area contributed by atoms with Gasteiger partial charge in [0.2, 0.25) is 5.13 Å². The molecule has 5 heteroatoms. The SMILES string of the molecule is CN(Cc1cccnc1)c1nnc(C2CC2)s1. The van der Waals surface area contributed by atoms with Crippen LogP contribution in [0.1, 0.15) is 29.3 Å². The minimum absolute atomic E-state index is 0.688. The Hall–Kier alpha value is -1.49. The van der Waals surface area contributed by atoms with Gasteiger partial charge in [0.15, 0.2) is 0 Å². The van der Waals surface area contributed by atoms with Crippen LogP contribution in [-0.2, 0) is 6.54 Å². The molecule has 88 valence electrons. The van der Waals surface area contributed by atoms with Gasteiger partial charge in [0.05, 0.1) is 0 Å². The van der Waals surface area contributed by atoms with Gasteiger partial charge < -0.3 is 4.90 Å². The summed E-state index contributed by atoms with van der Waals surface area (Å²) >= 11 is 1.71. The highest BCUT2D eigenvalue weighted by atomic mass is 32.1. The average molecular weight is 246 g/mol. The second-order valence-electron chi connectivity index (χ2n) is 4.41. The van der Waals surface area contributed by atoms with E-state index < -0.39 is 0 Å². The summed E-state index contributed by atoms with van der Waals surface area (Å²) in [5, 5.41) is 10.7. The van der Waals surface area contributed by atoms with Crippen molar-refractivity contribution in [2.75, 3.05) is 11.9 Å². The fraction of sp³-hybridized carbons (Fsp3) is 0.417. The van der Waals surface area contributed by atoms with Gasteiger partial charge in [0, 0.05) is 31.9 Å². The maximum Gasteiger partial charge on any atom is 0.208 e. The van der Waals surface area contributed by atoms with E-state index in [9.17, 15) is 0 Å². The first kappa shape index (κ1) is 10.7. The summed E-state index contributed by atoms with van der Waals surface area (Å²) in [4.78, 5) is 6.24. The quantitative estimate of drug-likeness (QED) is 0.831. The van der Waals surface area contributed by atoms with E-state index in [1.54, 1.807) is 17.5 Å². The molecule has 0 unspecified atom stereocenters. The summed E-state index contributed by atoms with van der Waals surface area (Å²) in [6.45, 7) is 0.827. The van der Waals surface area contributed by atoms with Crippen LogP contribution in [0.3, 0.4) is 0 Å². The lowest BCUT2D eigenvalue weighted by molar-refractivity contribution is 0.879. The van der Waals surface area contributed by atoms with Gasteiger partial charge in [-0.1, -0.05) is 17.4 Å². The predicted molar refractivity (Wildman–Crippen MR) is 68.2 cm³/mol. The Bertz CT molecular complexity index is 492. The maximum atomic E-state index is 4.25. The van der Waals surface area contributed by atoms with E-state index in [-0.39, 0.29) is 0 Å². The van der Waals surface area contributed by atoms with Crippen LogP contribution in [0.5, 0.6) is 0 Å². The second kappa shape index (κ2) is 4.41. The fourth-order valence-electron chi connectivity index (χ4n) is 1.71. The van der Waals surface area contributed by atoms with E-state index in [2.05, 4.69) is 26.1 Å². The van der Waals surface area contributed by atoms with Gasteiger partial charge in [0.1, 0.15) is 5.01 Å². The normalized spacial score (nSPS) is 14.9. The van der Waals surface area contributed by atoms with E-state index in [4.69, 9.17) is 0 Å². The molecule has 2 heterocycles. The van der Waals surface area contributed by atoms with Crippen LogP contribution in [0.25, 0.3) is 0 Å². The first-order chi connectivity index (χ1) is 8.33. The van der Waals surface area contributed by atoms with E-state index >= 15 is 0 Å². The predicted octanol–water partition coefficient (Wildman–Crippen LogP) is 2.45. The molecule has 2 aromatic rings. The van der Waals surface area contributed by atoms with E-state index in [1.165, 1.54) is 23.4 Å². The zero-order chi connectivity index (χ0) is 11.7. The van der Waals surface area contributed by atoms with Crippen LogP contribution >= 0.6 is 11.3 Å². The molecule has 1 aliphatic rings. The van der Waals surface area contributed by atoms with Gasteiger partial charge in [-0.25, -0.2) is 0 Å². The first-order valence-electron chi connectivity index (χ1n) is 5.76. The van der Waals surface area contributed by atoms with Crippen molar-refractivity contribution in [3.63, 3.8) is 0 Å². The summed E-state index contributed by atoms with van der Waals surface area (Å²) in [6, 6.07) is 4.03. The van der Waals surface area contributed by atoms with Crippen molar-refractivity contribution in [1.82, 2.24) is 15.2 Å². The molecule has 0 amide bonds. The topological polar surface area (TPSA) is 41.9 Å². The zero-order valence-corrected chi connectivity index (χ0v) is 10.5. The molecule has 0 atom stereocenters. The summed E-state index contributed by atoms with van der Waals surface area (Å²) in [5.41, 5.74) is 1.19. The number of hydrogen-bond acceptors (Lipinski definition) is 5. The lowest BCUT2D eigenvalue weighted by atomic mass is 10.3. The van der Waals surface area contributed by atoms with Crippen LogP contribution < -0.4 is 4.90 Å². The Morgan fingerprint density at radius 1 is 1.41 bits per heavy atom. The summed E-state index contributed by atoms with van der Waals surface area (Å²) in [5.74, 6) is 0.688. The van der Waals surface area contributed by atoms with Gasteiger partial charge in [-0.2, -0.15) is 0 Å². The number of aromatic nitrogens is 3. The third-order valence-electron chi connectivity index (χ3n) is 2.83. The van der Waals surface area contributed by atoms with Crippen LogP contribution in [0.15, 0.2) is 24.5 Å². The van der Waals surface area contributed by atoms with Gasteiger partial charge in [0.25, 0.3) is 0 Å². The molecule has 3 rings (SSSR count). The Morgan fingerprint density at radius 3 is 3.00 bits per heavy atom. The molecule has 4 nitrogen and oxygen atoms in total. The molecule has 0 bridgehead atoms. The number of pyridine rings is 1. The number of rotatable bonds is 4. The second-order valence-corrected chi connectivity index (χ2v) is 5.40. The van der Waals surface area contributed by atoms with Crippen molar-refractivity contribution in [1.29, 1.82) is 0 Å². The number of hydrogen-bond donors (Lipinski definition) is 0. The Kier molecular flexibility index (Phi) is 2.76. The van der Waals surface area contributed by atoms with Gasteiger partial charge >= 0.3 is 0 Å². The Labute approximate surface area is 104 Å². The third-order valence-corrected chi connectivity index (χ3v) is 4.03. The van der Waals surface area contributed by atoms with Crippen molar-refractivity contribution in [3.05, 3.63) is 35.1 Å². The van der Waals surface area contributed by atoms with Crippen LogP contribution in [0, 0.1) is 0 Å². The molecule has 0 saturated heterocycles. The zero-order valence-electron chi connectivity index (χ0n) is 9.71. The lowest BCUT2D eigenvalue weighted by Gasteiger charge is -2.14. The highest BCUT2D eigenvalue weighted by Gasteiger charge is 2.27. The van der Waals surface area contributed by atoms with Gasteiger partial charge in [-0.3, -0.25) is 4.98 Å². The Balaban J connectivity index is 1.70. The highest BCUT2D eigenvalue weighted by molar-refractivity contribution is 7.15.